The Morgan fingerprint density at radius 2 is 2.03 bits per heavy atom. The van der Waals surface area contributed by atoms with Gasteiger partial charge in [0.25, 0.3) is 0 Å². The lowest BCUT2D eigenvalue weighted by Crippen LogP contribution is -2.56. The number of hydrogen-bond donors (Lipinski definition) is 4. The van der Waals surface area contributed by atoms with Gasteiger partial charge < -0.3 is 21.0 Å². The molecule has 0 saturated heterocycles. The van der Waals surface area contributed by atoms with Gasteiger partial charge in [0.05, 0.1) is 12.6 Å². The van der Waals surface area contributed by atoms with Gasteiger partial charge in [-0.1, -0.05) is 25.4 Å². The van der Waals surface area contributed by atoms with Gasteiger partial charge in [0.1, 0.15) is 6.61 Å². The Morgan fingerprint density at radius 3 is 2.84 bits per heavy atom. The first-order valence-electron chi connectivity index (χ1n) is 12.7. The molecule has 0 spiro atoms. The summed E-state index contributed by atoms with van der Waals surface area (Å²) in [7, 11) is 0. The van der Waals surface area contributed by atoms with Crippen molar-refractivity contribution in [3.8, 4) is 0 Å². The normalized spacial score (nSPS) is 44.4. The predicted molar refractivity (Wildman–Crippen MR) is 125 cm³/mol. The molecule has 4 rings (SSSR count). The molecule has 176 valence electrons. The number of aliphatic hydroxyl groups is 1. The summed E-state index contributed by atoms with van der Waals surface area (Å²) < 4.78 is 0. The fraction of sp³-hybridized carbons (Fsp3) is 0.920. The molecule has 1 unspecified atom stereocenters. The highest BCUT2D eigenvalue weighted by molar-refractivity contribution is 5.74. The van der Waals surface area contributed by atoms with E-state index in [1.54, 1.807) is 0 Å². The fourth-order valence-corrected chi connectivity index (χ4v) is 8.57. The van der Waals surface area contributed by atoms with Crippen LogP contribution in [0.1, 0.15) is 84.5 Å². The summed E-state index contributed by atoms with van der Waals surface area (Å²) in [5.41, 5.74) is 6.23. The second-order valence-corrected chi connectivity index (χ2v) is 11.5. The highest BCUT2D eigenvalue weighted by atomic mass is 16.6. The molecule has 0 aromatic heterocycles. The zero-order chi connectivity index (χ0) is 22.1. The Kier molecular flexibility index (Phi) is 6.85. The maximum atomic E-state index is 10.7. The molecule has 4 fully saturated rings. The largest absolute Gasteiger partial charge is 0.394 e. The Balaban J connectivity index is 1.39. The molecule has 0 amide bonds. The summed E-state index contributed by atoms with van der Waals surface area (Å²) in [5, 5.41) is 24.6. The van der Waals surface area contributed by atoms with Crippen molar-refractivity contribution in [3.05, 3.63) is 0 Å². The van der Waals surface area contributed by atoms with E-state index < -0.39 is 0 Å². The molecule has 4 saturated carbocycles. The molecule has 0 aliphatic heterocycles. The van der Waals surface area contributed by atoms with E-state index >= 15 is 0 Å². The fourth-order valence-electron chi connectivity index (χ4n) is 8.57. The van der Waals surface area contributed by atoms with Crippen LogP contribution in [0, 0.1) is 45.8 Å². The molecule has 6 heteroatoms. The van der Waals surface area contributed by atoms with Crippen LogP contribution in [0.2, 0.25) is 0 Å². The smallest absolute Gasteiger partial charge is 0.185 e. The van der Waals surface area contributed by atoms with E-state index in [0.29, 0.717) is 35.8 Å². The van der Waals surface area contributed by atoms with Gasteiger partial charge in [0, 0.05) is 6.21 Å². The summed E-state index contributed by atoms with van der Waals surface area (Å²) in [6.45, 7) is 6.08. The molecule has 4 aliphatic carbocycles. The van der Waals surface area contributed by atoms with Crippen LogP contribution in [0.5, 0.6) is 0 Å². The van der Waals surface area contributed by atoms with Crippen molar-refractivity contribution in [2.75, 3.05) is 13.2 Å². The minimum Gasteiger partial charge on any atom is -0.394 e. The molecule has 31 heavy (non-hydrogen) atoms. The number of fused-ring (bicyclic) bond motifs is 5. The van der Waals surface area contributed by atoms with Gasteiger partial charge in [-0.05, 0) is 105 Å². The molecule has 0 aromatic carbocycles. The summed E-state index contributed by atoms with van der Waals surface area (Å²) in [6, 6.07) is 0. The second-order valence-electron chi connectivity index (χ2n) is 11.5. The third-order valence-electron chi connectivity index (χ3n) is 10.0. The maximum Gasteiger partial charge on any atom is 0.185 e. The van der Waals surface area contributed by atoms with Crippen LogP contribution in [-0.4, -0.2) is 36.5 Å². The van der Waals surface area contributed by atoms with Gasteiger partial charge in [0.15, 0.2) is 5.96 Å². The molecule has 6 nitrogen and oxygen atoms in total. The van der Waals surface area contributed by atoms with E-state index in [2.05, 4.69) is 24.3 Å². The van der Waals surface area contributed by atoms with Crippen LogP contribution in [0.15, 0.2) is 5.16 Å². The molecular weight excluding hydrogens is 388 g/mol. The third kappa shape index (κ3) is 4.46. The number of rotatable bonds is 7. The Morgan fingerprint density at radius 1 is 1.19 bits per heavy atom. The van der Waals surface area contributed by atoms with Crippen LogP contribution < -0.4 is 11.1 Å². The number of guanidine groups is 1. The summed E-state index contributed by atoms with van der Waals surface area (Å²) in [4.78, 5) is 5.28. The minimum atomic E-state index is -0.134. The Hall–Kier alpha value is -1.30. The van der Waals surface area contributed by atoms with Crippen LogP contribution in [0.3, 0.4) is 0 Å². The topological polar surface area (TPSA) is 104 Å². The van der Waals surface area contributed by atoms with E-state index in [4.69, 9.17) is 16.0 Å². The van der Waals surface area contributed by atoms with Crippen molar-refractivity contribution in [3.63, 3.8) is 0 Å². The second kappa shape index (κ2) is 9.29. The van der Waals surface area contributed by atoms with E-state index in [9.17, 15) is 5.11 Å². The van der Waals surface area contributed by atoms with E-state index in [0.717, 1.165) is 43.4 Å². The van der Waals surface area contributed by atoms with Crippen LogP contribution >= 0.6 is 0 Å². The minimum absolute atomic E-state index is 0.0438. The van der Waals surface area contributed by atoms with Gasteiger partial charge in [-0.3, -0.25) is 5.41 Å². The van der Waals surface area contributed by atoms with Crippen LogP contribution in [0.25, 0.3) is 0 Å². The summed E-state index contributed by atoms with van der Waals surface area (Å²) in [5.74, 6) is 3.90. The molecule has 0 bridgehead atoms. The lowest BCUT2D eigenvalue weighted by molar-refractivity contribution is -0.153. The van der Waals surface area contributed by atoms with Crippen LogP contribution in [-0.2, 0) is 4.84 Å². The predicted octanol–water partition coefficient (Wildman–Crippen LogP) is 4.27. The highest BCUT2D eigenvalue weighted by Crippen LogP contribution is 2.67. The number of nitrogens with one attached hydrogen (secondary N) is 2. The first-order valence-corrected chi connectivity index (χ1v) is 12.7. The number of oxime groups is 1. The Bertz CT molecular complexity index is 670. The van der Waals surface area contributed by atoms with Crippen molar-refractivity contribution < 1.29 is 9.94 Å². The molecule has 8 atom stereocenters. The monoisotopic (exact) mass is 432 g/mol. The molecule has 4 aliphatic rings. The molecule has 0 aromatic rings. The highest BCUT2D eigenvalue weighted by Gasteiger charge is 2.60. The number of aliphatic hydroxyl groups excluding tert-OH is 1. The van der Waals surface area contributed by atoms with Gasteiger partial charge in [0.2, 0.25) is 0 Å². The molecule has 5 N–H and O–H groups in total. The lowest BCUT2D eigenvalue weighted by Gasteiger charge is -2.63. The van der Waals surface area contributed by atoms with Crippen molar-refractivity contribution in [1.82, 2.24) is 5.32 Å². The van der Waals surface area contributed by atoms with Crippen molar-refractivity contribution in [2.45, 2.75) is 90.6 Å². The van der Waals surface area contributed by atoms with E-state index in [1.165, 1.54) is 44.9 Å². The first kappa shape index (κ1) is 22.9. The van der Waals surface area contributed by atoms with Gasteiger partial charge in [-0.2, -0.15) is 0 Å². The van der Waals surface area contributed by atoms with E-state index in [-0.39, 0.29) is 12.1 Å². The Labute approximate surface area is 188 Å². The van der Waals surface area contributed by atoms with E-state index in [1.807, 2.05) is 6.21 Å². The zero-order valence-corrected chi connectivity index (χ0v) is 19.6. The van der Waals surface area contributed by atoms with Gasteiger partial charge in [-0.25, -0.2) is 0 Å². The molecular formula is C25H44N4O2. The van der Waals surface area contributed by atoms with Crippen molar-refractivity contribution >= 4 is 12.2 Å². The van der Waals surface area contributed by atoms with Gasteiger partial charge >= 0.3 is 0 Å². The summed E-state index contributed by atoms with van der Waals surface area (Å²) >= 11 is 0. The lowest BCUT2D eigenvalue weighted by atomic mass is 9.42. The molecule has 0 radical (unpaired) electrons. The van der Waals surface area contributed by atoms with Gasteiger partial charge in [-0.15, -0.1) is 0 Å². The SMILES string of the molecule is C[C@@]12CCC[C@H]1[C@@H]1CC[C@@H]3C[C@@H](O)CC(CC/C=N/OCCNC(=N)N)[C@]3(C)[C@H]1CC2. The number of nitrogens with two attached hydrogens (primary N) is 1. The summed E-state index contributed by atoms with van der Waals surface area (Å²) in [6.07, 6.45) is 15.6. The zero-order valence-electron chi connectivity index (χ0n) is 19.6. The van der Waals surface area contributed by atoms with Crippen molar-refractivity contribution in [2.24, 2.45) is 51.3 Å². The maximum absolute atomic E-state index is 10.7. The third-order valence-corrected chi connectivity index (χ3v) is 10.0. The van der Waals surface area contributed by atoms with Crippen molar-refractivity contribution in [1.29, 1.82) is 5.41 Å². The standard InChI is InChI=1S/C25H44N4O2/c1-24-10-3-6-21(24)20-8-7-18-16-19(30)15-17(25(18,2)22(20)9-11-24)5-4-12-29-31-14-13-28-23(26)27/h12,17-22,30H,3-11,13-16H2,1-2H3,(H4,26,27,28)/b29-12+/t17?,18-,19+,20+,21+,22+,24+,25+/m1/s1. The van der Waals surface area contributed by atoms with Crippen LogP contribution in [0.4, 0.5) is 0 Å². The molecule has 0 heterocycles. The average Bonchev–Trinajstić information content (AvgIpc) is 3.12. The first-order chi connectivity index (χ1) is 14.8. The number of hydrogen-bond acceptors (Lipinski definition) is 4. The average molecular weight is 433 g/mol. The quantitative estimate of drug-likeness (QED) is 0.209. The number of nitrogens with zero attached hydrogens (tertiary/aromatic N) is 1.